The summed E-state index contributed by atoms with van der Waals surface area (Å²) in [5, 5.41) is 8.93. The summed E-state index contributed by atoms with van der Waals surface area (Å²) in [5.41, 5.74) is 0.803. The predicted molar refractivity (Wildman–Crippen MR) is 153 cm³/mol. The van der Waals surface area contributed by atoms with Crippen LogP contribution in [0, 0.1) is 17.7 Å². The molecule has 0 saturated carbocycles. The molecule has 11 heteroatoms. The van der Waals surface area contributed by atoms with Crippen LogP contribution in [0.1, 0.15) is 52.3 Å². The zero-order valence-electron chi connectivity index (χ0n) is 23.5. The van der Waals surface area contributed by atoms with E-state index in [2.05, 4.69) is 42.7 Å². The first kappa shape index (κ1) is 29.8. The number of pyridine rings is 1. The molecular weight excluding hydrogens is 513 g/mol. The number of likely N-dealkylation sites (N-methyl/N-ethyl adjacent to an activating group) is 1. The van der Waals surface area contributed by atoms with E-state index < -0.39 is 23.6 Å². The summed E-state index contributed by atoms with van der Waals surface area (Å²) < 4.78 is 18.9. The molecule has 0 saturated heterocycles. The first-order chi connectivity index (χ1) is 18.9. The van der Waals surface area contributed by atoms with Crippen LogP contribution in [0.4, 0.5) is 32.5 Å². The lowest BCUT2D eigenvalue weighted by atomic mass is 10.2. The van der Waals surface area contributed by atoms with Crippen LogP contribution >= 0.6 is 0 Å². The van der Waals surface area contributed by atoms with Gasteiger partial charge in [-0.1, -0.05) is 25.0 Å². The molecule has 0 bridgehead atoms. The van der Waals surface area contributed by atoms with E-state index in [4.69, 9.17) is 4.74 Å². The number of carbonyl (C=O) groups is 2. The van der Waals surface area contributed by atoms with Gasteiger partial charge >= 0.3 is 6.09 Å². The van der Waals surface area contributed by atoms with Crippen LogP contribution in [0.15, 0.2) is 48.7 Å². The molecule has 210 valence electrons. The second-order valence-corrected chi connectivity index (χ2v) is 9.93. The normalized spacial score (nSPS) is 11.5. The Hall–Kier alpha value is -4.72. The third kappa shape index (κ3) is 8.94. The molecule has 2 aromatic heterocycles. The van der Waals surface area contributed by atoms with Crippen molar-refractivity contribution >= 4 is 35.3 Å². The molecule has 3 rings (SSSR count). The molecule has 0 unspecified atom stereocenters. The lowest BCUT2D eigenvalue weighted by molar-refractivity contribution is -0.120. The van der Waals surface area contributed by atoms with Crippen molar-refractivity contribution in [2.45, 2.75) is 52.7 Å². The van der Waals surface area contributed by atoms with Gasteiger partial charge in [-0.05, 0) is 70.4 Å². The predicted octanol–water partition coefficient (Wildman–Crippen LogP) is 5.17. The van der Waals surface area contributed by atoms with Gasteiger partial charge in [0.2, 0.25) is 11.9 Å². The van der Waals surface area contributed by atoms with Gasteiger partial charge in [0.25, 0.3) is 0 Å². The number of amides is 2. The Morgan fingerprint density at radius 1 is 1.12 bits per heavy atom. The van der Waals surface area contributed by atoms with Crippen molar-refractivity contribution in [3.63, 3.8) is 0 Å². The van der Waals surface area contributed by atoms with E-state index in [1.54, 1.807) is 64.2 Å². The number of aromatic nitrogens is 3. The number of carbonyl (C=O) groups excluding carboxylic acids is 2. The fraction of sp³-hybridized carbons (Fsp3) is 0.345. The highest BCUT2D eigenvalue weighted by molar-refractivity contribution is 5.95. The maximum absolute atomic E-state index is 13.5. The van der Waals surface area contributed by atoms with Crippen molar-refractivity contribution in [3.8, 4) is 11.8 Å². The minimum atomic E-state index is -0.796. The molecule has 3 aromatic rings. The molecule has 1 aromatic carbocycles. The number of anilines is 4. The van der Waals surface area contributed by atoms with Gasteiger partial charge in [-0.3, -0.25) is 9.69 Å². The Labute approximate surface area is 233 Å². The molecule has 3 N–H and O–H groups in total. The number of benzene rings is 1. The Morgan fingerprint density at radius 2 is 1.88 bits per heavy atom. The van der Waals surface area contributed by atoms with Crippen molar-refractivity contribution in [1.29, 1.82) is 0 Å². The molecule has 0 radical (unpaired) electrons. The Bertz CT molecular complexity index is 1410. The van der Waals surface area contributed by atoms with Crippen LogP contribution in [0.3, 0.4) is 0 Å². The standard InChI is InChI=1S/C29H34FN7O3/c1-7-16-31-25-20(18-32-27(36-25)34-23-12-8-10-21(30)17-23)14-15-22-11-9-13-24(33-22)35-26(38)19(2)37(6)28(39)40-29(3,4)5/h8-13,17-19H,7,16H2,1-6H3,(H,33,35,38)(H2,31,32,34,36)/t19-/m0/s1. The molecule has 0 spiro atoms. The highest BCUT2D eigenvalue weighted by Gasteiger charge is 2.27. The van der Waals surface area contributed by atoms with Gasteiger partial charge in [0.1, 0.15) is 34.8 Å². The fourth-order valence-electron chi connectivity index (χ4n) is 3.21. The summed E-state index contributed by atoms with van der Waals surface area (Å²) in [7, 11) is 1.50. The van der Waals surface area contributed by atoms with Crippen LogP contribution in [-0.2, 0) is 9.53 Å². The minimum Gasteiger partial charge on any atom is -0.444 e. The van der Waals surface area contributed by atoms with Crippen molar-refractivity contribution in [3.05, 3.63) is 65.7 Å². The lowest BCUT2D eigenvalue weighted by Crippen LogP contribution is -2.45. The Balaban J connectivity index is 1.74. The zero-order chi connectivity index (χ0) is 29.3. The average molecular weight is 548 g/mol. The molecule has 0 aliphatic carbocycles. The quantitative estimate of drug-likeness (QED) is 0.330. The Morgan fingerprint density at radius 3 is 2.58 bits per heavy atom. The van der Waals surface area contributed by atoms with Gasteiger partial charge in [-0.15, -0.1) is 0 Å². The van der Waals surface area contributed by atoms with Crippen LogP contribution in [0.5, 0.6) is 0 Å². The molecule has 40 heavy (non-hydrogen) atoms. The number of ether oxygens (including phenoxy) is 1. The maximum atomic E-state index is 13.5. The fourth-order valence-corrected chi connectivity index (χ4v) is 3.21. The maximum Gasteiger partial charge on any atom is 0.410 e. The number of hydrogen-bond acceptors (Lipinski definition) is 8. The van der Waals surface area contributed by atoms with E-state index in [1.807, 2.05) is 6.92 Å². The lowest BCUT2D eigenvalue weighted by Gasteiger charge is -2.28. The number of rotatable bonds is 8. The van der Waals surface area contributed by atoms with E-state index in [0.717, 1.165) is 6.42 Å². The van der Waals surface area contributed by atoms with Gasteiger partial charge in [0.05, 0.1) is 11.8 Å². The van der Waals surface area contributed by atoms with Gasteiger partial charge in [-0.2, -0.15) is 4.98 Å². The van der Waals surface area contributed by atoms with Gasteiger partial charge < -0.3 is 20.7 Å². The van der Waals surface area contributed by atoms with E-state index in [0.29, 0.717) is 35.3 Å². The number of nitrogens with one attached hydrogen (secondary N) is 3. The third-order valence-corrected chi connectivity index (χ3v) is 5.38. The molecule has 2 heterocycles. The monoisotopic (exact) mass is 547 g/mol. The van der Waals surface area contributed by atoms with Gasteiger partial charge in [-0.25, -0.2) is 19.2 Å². The highest BCUT2D eigenvalue weighted by Crippen LogP contribution is 2.18. The van der Waals surface area contributed by atoms with Crippen molar-refractivity contribution in [1.82, 2.24) is 19.9 Å². The molecule has 0 aliphatic heterocycles. The van der Waals surface area contributed by atoms with Gasteiger partial charge in [0, 0.05) is 19.3 Å². The first-order valence-corrected chi connectivity index (χ1v) is 12.8. The summed E-state index contributed by atoms with van der Waals surface area (Å²) in [6.07, 6.45) is 1.84. The summed E-state index contributed by atoms with van der Waals surface area (Å²) >= 11 is 0. The topological polar surface area (TPSA) is 121 Å². The second-order valence-electron chi connectivity index (χ2n) is 9.93. The first-order valence-electron chi connectivity index (χ1n) is 12.8. The zero-order valence-corrected chi connectivity index (χ0v) is 23.5. The van der Waals surface area contributed by atoms with E-state index in [1.165, 1.54) is 24.1 Å². The van der Waals surface area contributed by atoms with Crippen molar-refractivity contribution < 1.29 is 18.7 Å². The van der Waals surface area contributed by atoms with Gasteiger partial charge in [0.15, 0.2) is 0 Å². The third-order valence-electron chi connectivity index (χ3n) is 5.38. The molecule has 2 amide bonds. The number of halogens is 1. The van der Waals surface area contributed by atoms with Crippen molar-refractivity contribution in [2.75, 3.05) is 29.5 Å². The summed E-state index contributed by atoms with van der Waals surface area (Å²) in [5.74, 6) is 6.31. The second kappa shape index (κ2) is 13.4. The average Bonchev–Trinajstić information content (AvgIpc) is 2.89. The molecule has 0 fully saturated rings. The van der Waals surface area contributed by atoms with Crippen LogP contribution in [0.25, 0.3) is 0 Å². The van der Waals surface area contributed by atoms with Crippen LogP contribution in [0.2, 0.25) is 0 Å². The van der Waals surface area contributed by atoms with E-state index >= 15 is 0 Å². The molecule has 10 nitrogen and oxygen atoms in total. The molecular formula is C29H34FN7O3. The Kier molecular flexibility index (Phi) is 9.97. The SMILES string of the molecule is CCCNc1nc(Nc2cccc(F)c2)ncc1C#Cc1cccc(NC(=O)[C@H](C)N(C)C(=O)OC(C)(C)C)n1. The van der Waals surface area contributed by atoms with Crippen LogP contribution < -0.4 is 16.0 Å². The van der Waals surface area contributed by atoms with E-state index in [9.17, 15) is 14.0 Å². The van der Waals surface area contributed by atoms with Crippen molar-refractivity contribution in [2.24, 2.45) is 0 Å². The smallest absolute Gasteiger partial charge is 0.410 e. The summed E-state index contributed by atoms with van der Waals surface area (Å²) in [6.45, 7) is 9.57. The number of hydrogen-bond donors (Lipinski definition) is 3. The molecule has 1 atom stereocenters. The summed E-state index contributed by atoms with van der Waals surface area (Å²) in [6, 6.07) is 10.3. The van der Waals surface area contributed by atoms with Crippen LogP contribution in [-0.4, -0.2) is 57.1 Å². The summed E-state index contributed by atoms with van der Waals surface area (Å²) in [4.78, 5) is 39.5. The molecule has 0 aliphatic rings. The largest absolute Gasteiger partial charge is 0.444 e. The number of nitrogens with zero attached hydrogens (tertiary/aromatic N) is 4. The van der Waals surface area contributed by atoms with E-state index in [-0.39, 0.29) is 11.6 Å². The highest BCUT2D eigenvalue weighted by atomic mass is 19.1. The minimum absolute atomic E-state index is 0.288.